The molecule has 154 valence electrons. The molecule has 0 bridgehead atoms. The lowest BCUT2D eigenvalue weighted by Crippen LogP contribution is -2.25. The van der Waals surface area contributed by atoms with Crippen molar-refractivity contribution in [3.63, 3.8) is 0 Å². The molecule has 0 saturated heterocycles. The minimum absolute atomic E-state index is 0. The largest absolute Gasteiger partial charge is 0.490 e. The van der Waals surface area contributed by atoms with Crippen molar-refractivity contribution in [2.75, 3.05) is 6.61 Å². The van der Waals surface area contributed by atoms with Crippen molar-refractivity contribution in [3.8, 4) is 5.75 Å². The zero-order chi connectivity index (χ0) is 19.5. The summed E-state index contributed by atoms with van der Waals surface area (Å²) in [4.78, 5) is 16.6. The molecule has 1 atom stereocenters. The van der Waals surface area contributed by atoms with Crippen molar-refractivity contribution < 1.29 is 14.6 Å². The summed E-state index contributed by atoms with van der Waals surface area (Å²) in [5.74, 6) is 2.00. The van der Waals surface area contributed by atoms with Crippen LogP contribution in [0.2, 0.25) is 0 Å². The highest BCUT2D eigenvalue weighted by molar-refractivity contribution is 5.96. The highest BCUT2D eigenvalue weighted by Gasteiger charge is 2.24. The number of para-hydroxylation sites is 3. The van der Waals surface area contributed by atoms with Crippen LogP contribution in [0.15, 0.2) is 48.5 Å². The standard InChI is InChI=1S/C23H26N2O3.ClH/c1-16(26)19-10-4-7-13-22(19)28-15-18(27)14-25-21-12-6-5-11-20(21)24-23(25)17-8-2-3-9-17;/h4-7,10-13,17-18,27H,2-3,8-9,14-15H2,1H3;1H. The minimum atomic E-state index is -0.697. The van der Waals surface area contributed by atoms with Crippen LogP contribution in [0, 0.1) is 0 Å². The van der Waals surface area contributed by atoms with Gasteiger partial charge in [0.2, 0.25) is 0 Å². The van der Waals surface area contributed by atoms with Crippen molar-refractivity contribution in [2.45, 2.75) is 51.2 Å². The van der Waals surface area contributed by atoms with Gasteiger partial charge in [-0.25, -0.2) is 4.98 Å². The van der Waals surface area contributed by atoms with Gasteiger partial charge in [-0.3, -0.25) is 4.79 Å². The zero-order valence-corrected chi connectivity index (χ0v) is 17.4. The molecule has 1 aliphatic carbocycles. The summed E-state index contributed by atoms with van der Waals surface area (Å²) in [6, 6.07) is 15.2. The Morgan fingerprint density at radius 2 is 1.86 bits per heavy atom. The summed E-state index contributed by atoms with van der Waals surface area (Å²) in [5.41, 5.74) is 2.56. The average Bonchev–Trinajstić information content (AvgIpc) is 3.35. The quantitative estimate of drug-likeness (QED) is 0.566. The first kappa shape index (κ1) is 21.3. The van der Waals surface area contributed by atoms with E-state index in [0.29, 0.717) is 23.8 Å². The number of aliphatic hydroxyl groups is 1. The molecule has 1 saturated carbocycles. The van der Waals surface area contributed by atoms with E-state index in [1.54, 1.807) is 12.1 Å². The Kier molecular flexibility index (Phi) is 6.93. The fourth-order valence-corrected chi connectivity index (χ4v) is 4.11. The first-order valence-corrected chi connectivity index (χ1v) is 9.99. The summed E-state index contributed by atoms with van der Waals surface area (Å²) < 4.78 is 7.93. The number of rotatable bonds is 7. The van der Waals surface area contributed by atoms with Crippen LogP contribution >= 0.6 is 12.4 Å². The van der Waals surface area contributed by atoms with Gasteiger partial charge in [-0.05, 0) is 44.0 Å². The van der Waals surface area contributed by atoms with Gasteiger partial charge in [-0.15, -0.1) is 12.4 Å². The van der Waals surface area contributed by atoms with E-state index < -0.39 is 6.10 Å². The van der Waals surface area contributed by atoms with E-state index in [1.807, 2.05) is 30.3 Å². The van der Waals surface area contributed by atoms with Gasteiger partial charge in [0.25, 0.3) is 0 Å². The van der Waals surface area contributed by atoms with Crippen LogP contribution in [0.5, 0.6) is 5.75 Å². The maximum absolute atomic E-state index is 11.8. The van der Waals surface area contributed by atoms with E-state index in [-0.39, 0.29) is 24.8 Å². The Morgan fingerprint density at radius 3 is 2.62 bits per heavy atom. The fraction of sp³-hybridized carbons (Fsp3) is 0.391. The molecule has 0 aliphatic heterocycles. The zero-order valence-electron chi connectivity index (χ0n) is 16.6. The van der Waals surface area contributed by atoms with Crippen LogP contribution in [0.3, 0.4) is 0 Å². The van der Waals surface area contributed by atoms with Gasteiger partial charge in [0, 0.05) is 5.92 Å². The van der Waals surface area contributed by atoms with Crippen LogP contribution < -0.4 is 4.74 Å². The first-order chi connectivity index (χ1) is 13.6. The van der Waals surface area contributed by atoms with Crippen molar-refractivity contribution in [2.24, 2.45) is 0 Å². The van der Waals surface area contributed by atoms with Gasteiger partial charge < -0.3 is 14.4 Å². The average molecular weight is 415 g/mol. The van der Waals surface area contributed by atoms with E-state index in [4.69, 9.17) is 9.72 Å². The van der Waals surface area contributed by atoms with Crippen LogP contribution in [-0.4, -0.2) is 33.2 Å². The van der Waals surface area contributed by atoms with Crippen LogP contribution in [-0.2, 0) is 6.54 Å². The maximum Gasteiger partial charge on any atom is 0.163 e. The van der Waals surface area contributed by atoms with E-state index in [9.17, 15) is 9.90 Å². The molecule has 0 amide bonds. The third-order valence-electron chi connectivity index (χ3n) is 5.50. The Labute approximate surface area is 177 Å². The van der Waals surface area contributed by atoms with E-state index in [1.165, 1.54) is 19.8 Å². The van der Waals surface area contributed by atoms with Gasteiger partial charge in [0.05, 0.1) is 23.1 Å². The third kappa shape index (κ3) is 4.62. The molecule has 4 rings (SSSR count). The molecule has 1 N–H and O–H groups in total. The number of imidazole rings is 1. The van der Waals surface area contributed by atoms with E-state index in [0.717, 1.165) is 29.7 Å². The number of carbonyl (C=O) groups is 1. The number of fused-ring (bicyclic) bond motifs is 1. The number of ether oxygens (including phenoxy) is 1. The minimum Gasteiger partial charge on any atom is -0.490 e. The van der Waals surface area contributed by atoms with Crippen molar-refractivity contribution in [1.82, 2.24) is 9.55 Å². The lowest BCUT2D eigenvalue weighted by molar-refractivity contribution is 0.0896. The molecular formula is C23H27ClN2O3. The number of aliphatic hydroxyl groups excluding tert-OH is 1. The van der Waals surface area contributed by atoms with Crippen molar-refractivity contribution in [1.29, 1.82) is 0 Å². The summed E-state index contributed by atoms with van der Waals surface area (Å²) in [6.45, 7) is 2.07. The number of hydrogen-bond donors (Lipinski definition) is 1. The second kappa shape index (κ2) is 9.42. The third-order valence-corrected chi connectivity index (χ3v) is 5.50. The molecule has 3 aromatic rings. The second-order valence-corrected chi connectivity index (χ2v) is 7.57. The number of aromatic nitrogens is 2. The predicted molar refractivity (Wildman–Crippen MR) is 116 cm³/mol. The number of halogens is 1. The van der Waals surface area contributed by atoms with E-state index in [2.05, 4.69) is 10.6 Å². The number of carbonyl (C=O) groups excluding carboxylic acids is 1. The highest BCUT2D eigenvalue weighted by Crippen LogP contribution is 2.35. The molecule has 0 radical (unpaired) electrons. The van der Waals surface area contributed by atoms with Gasteiger partial charge in [0.1, 0.15) is 24.3 Å². The summed E-state index contributed by atoms with van der Waals surface area (Å²) in [5, 5.41) is 10.7. The summed E-state index contributed by atoms with van der Waals surface area (Å²) in [7, 11) is 0. The van der Waals surface area contributed by atoms with Gasteiger partial charge in [-0.1, -0.05) is 37.1 Å². The number of Topliss-reactive ketones (excluding diaryl/α,β-unsaturated/α-hetero) is 1. The molecule has 2 aromatic carbocycles. The highest BCUT2D eigenvalue weighted by atomic mass is 35.5. The smallest absolute Gasteiger partial charge is 0.163 e. The lowest BCUT2D eigenvalue weighted by atomic mass is 10.1. The Hall–Kier alpha value is -2.37. The van der Waals surface area contributed by atoms with Crippen LogP contribution in [0.1, 0.15) is 54.7 Å². The molecule has 1 aliphatic rings. The molecule has 1 aromatic heterocycles. The number of hydrogen-bond acceptors (Lipinski definition) is 4. The van der Waals surface area contributed by atoms with Crippen molar-refractivity contribution in [3.05, 3.63) is 59.9 Å². The number of benzene rings is 2. The Morgan fingerprint density at radius 1 is 1.17 bits per heavy atom. The Balaban J connectivity index is 0.00000240. The molecule has 0 spiro atoms. The van der Waals surface area contributed by atoms with Crippen LogP contribution in [0.4, 0.5) is 0 Å². The molecular weight excluding hydrogens is 388 g/mol. The van der Waals surface area contributed by atoms with Crippen LogP contribution in [0.25, 0.3) is 11.0 Å². The predicted octanol–water partition coefficient (Wildman–Crippen LogP) is 4.76. The summed E-state index contributed by atoms with van der Waals surface area (Å²) in [6.07, 6.45) is 4.09. The number of nitrogens with zero attached hydrogens (tertiary/aromatic N) is 2. The van der Waals surface area contributed by atoms with Gasteiger partial charge in [-0.2, -0.15) is 0 Å². The first-order valence-electron chi connectivity index (χ1n) is 9.99. The normalized spacial score (nSPS) is 15.2. The Bertz CT molecular complexity index is 979. The molecule has 1 fully saturated rings. The number of ketones is 1. The topological polar surface area (TPSA) is 64.3 Å². The van der Waals surface area contributed by atoms with Gasteiger partial charge in [0.15, 0.2) is 5.78 Å². The monoisotopic (exact) mass is 414 g/mol. The molecule has 1 heterocycles. The maximum atomic E-state index is 11.8. The second-order valence-electron chi connectivity index (χ2n) is 7.57. The molecule has 5 nitrogen and oxygen atoms in total. The van der Waals surface area contributed by atoms with E-state index >= 15 is 0 Å². The lowest BCUT2D eigenvalue weighted by Gasteiger charge is -2.18. The van der Waals surface area contributed by atoms with Gasteiger partial charge >= 0.3 is 0 Å². The fourth-order valence-electron chi connectivity index (χ4n) is 4.11. The molecule has 6 heteroatoms. The molecule has 1 unspecified atom stereocenters. The molecule has 29 heavy (non-hydrogen) atoms. The van der Waals surface area contributed by atoms with Crippen molar-refractivity contribution >= 4 is 29.2 Å². The summed E-state index contributed by atoms with van der Waals surface area (Å²) >= 11 is 0. The SMILES string of the molecule is CC(=O)c1ccccc1OCC(O)Cn1c(C2CCCC2)nc2ccccc21.Cl.